The van der Waals surface area contributed by atoms with Crippen molar-refractivity contribution in [2.24, 2.45) is 0 Å². The molecule has 1 aromatic carbocycles. The second-order valence-electron chi connectivity index (χ2n) is 4.45. The second-order valence-corrected chi connectivity index (χ2v) is 4.45. The van der Waals surface area contributed by atoms with Crippen LogP contribution in [0.1, 0.15) is 17.0 Å². The molecule has 0 aliphatic heterocycles. The fourth-order valence-corrected chi connectivity index (χ4v) is 2.23. The van der Waals surface area contributed by atoms with Crippen molar-refractivity contribution in [3.05, 3.63) is 96.1 Å². The molecular formula is C17H13FN2. The van der Waals surface area contributed by atoms with Crippen LogP contribution in [0.3, 0.4) is 0 Å². The predicted molar refractivity (Wildman–Crippen MR) is 75.9 cm³/mol. The molecule has 0 aliphatic rings. The highest BCUT2D eigenvalue weighted by molar-refractivity contribution is 5.41. The summed E-state index contributed by atoms with van der Waals surface area (Å²) in [5.41, 5.74) is -0.642. The van der Waals surface area contributed by atoms with Gasteiger partial charge in [-0.3, -0.25) is 9.97 Å². The van der Waals surface area contributed by atoms with E-state index in [-0.39, 0.29) is 0 Å². The molecule has 3 heteroatoms. The third-order valence-electron chi connectivity index (χ3n) is 3.21. The van der Waals surface area contributed by atoms with Gasteiger partial charge in [0.25, 0.3) is 0 Å². The van der Waals surface area contributed by atoms with E-state index < -0.39 is 5.67 Å². The number of benzene rings is 1. The SMILES string of the molecule is FC(c1ccccc1)(c1ccccn1)c1ccccn1. The summed E-state index contributed by atoms with van der Waals surface area (Å²) in [6.45, 7) is 0. The largest absolute Gasteiger partial charge is 0.257 e. The van der Waals surface area contributed by atoms with Crippen LogP contribution in [-0.2, 0) is 5.67 Å². The summed E-state index contributed by atoms with van der Waals surface area (Å²) in [6.07, 6.45) is 3.19. The van der Waals surface area contributed by atoms with E-state index in [2.05, 4.69) is 9.97 Å². The lowest BCUT2D eigenvalue weighted by atomic mass is 9.88. The van der Waals surface area contributed by atoms with Crippen molar-refractivity contribution < 1.29 is 4.39 Å². The van der Waals surface area contributed by atoms with Crippen LogP contribution in [0.5, 0.6) is 0 Å². The van der Waals surface area contributed by atoms with E-state index in [1.807, 2.05) is 18.2 Å². The van der Waals surface area contributed by atoms with E-state index >= 15 is 4.39 Å². The number of rotatable bonds is 3. The van der Waals surface area contributed by atoms with E-state index in [4.69, 9.17) is 0 Å². The fourth-order valence-electron chi connectivity index (χ4n) is 2.23. The van der Waals surface area contributed by atoms with Gasteiger partial charge in [0.1, 0.15) is 0 Å². The fraction of sp³-hybridized carbons (Fsp3) is 0.0588. The first-order chi connectivity index (χ1) is 9.82. The molecule has 0 atom stereocenters. The van der Waals surface area contributed by atoms with Crippen LogP contribution in [-0.4, -0.2) is 9.97 Å². The molecule has 2 aromatic heterocycles. The van der Waals surface area contributed by atoms with Crippen molar-refractivity contribution in [3.8, 4) is 0 Å². The highest BCUT2D eigenvalue weighted by Gasteiger charge is 2.38. The molecule has 0 saturated heterocycles. The molecule has 0 N–H and O–H groups in total. The molecule has 0 aliphatic carbocycles. The van der Waals surface area contributed by atoms with E-state index in [0.717, 1.165) is 0 Å². The summed E-state index contributed by atoms with van der Waals surface area (Å²) < 4.78 is 15.9. The summed E-state index contributed by atoms with van der Waals surface area (Å²) in [6, 6.07) is 19.5. The van der Waals surface area contributed by atoms with Crippen LogP contribution in [0.2, 0.25) is 0 Å². The van der Waals surface area contributed by atoms with Gasteiger partial charge in [0.15, 0.2) is 0 Å². The van der Waals surface area contributed by atoms with Gasteiger partial charge in [-0.25, -0.2) is 4.39 Å². The lowest BCUT2D eigenvalue weighted by Gasteiger charge is -2.24. The predicted octanol–water partition coefficient (Wildman–Crippen LogP) is 3.74. The maximum Gasteiger partial charge on any atom is 0.219 e. The van der Waals surface area contributed by atoms with Crippen LogP contribution in [0.4, 0.5) is 4.39 Å². The summed E-state index contributed by atoms with van der Waals surface area (Å²) >= 11 is 0. The standard InChI is InChI=1S/C17H13FN2/c18-17(14-8-2-1-3-9-14,15-10-4-6-12-19-15)16-11-5-7-13-20-16/h1-13H. The summed E-state index contributed by atoms with van der Waals surface area (Å²) in [4.78, 5) is 8.38. The van der Waals surface area contributed by atoms with E-state index in [0.29, 0.717) is 17.0 Å². The molecule has 0 bridgehead atoms. The van der Waals surface area contributed by atoms with Gasteiger partial charge in [-0.2, -0.15) is 0 Å². The number of nitrogens with zero attached hydrogens (tertiary/aromatic N) is 2. The van der Waals surface area contributed by atoms with Crippen LogP contribution in [0, 0.1) is 0 Å². The maximum absolute atomic E-state index is 15.9. The summed E-state index contributed by atoms with van der Waals surface area (Å²) in [5, 5.41) is 0. The number of hydrogen-bond acceptors (Lipinski definition) is 2. The lowest BCUT2D eigenvalue weighted by Crippen LogP contribution is -2.26. The number of pyridine rings is 2. The van der Waals surface area contributed by atoms with Crippen LogP contribution >= 0.6 is 0 Å². The Morgan fingerprint density at radius 3 is 1.60 bits per heavy atom. The van der Waals surface area contributed by atoms with Gasteiger partial charge in [-0.05, 0) is 24.3 Å². The van der Waals surface area contributed by atoms with Gasteiger partial charge >= 0.3 is 0 Å². The monoisotopic (exact) mass is 264 g/mol. The van der Waals surface area contributed by atoms with Crippen molar-refractivity contribution in [2.45, 2.75) is 5.67 Å². The molecule has 0 amide bonds. The molecule has 2 heterocycles. The molecule has 0 radical (unpaired) electrons. The Hall–Kier alpha value is -2.55. The third kappa shape index (κ3) is 2.07. The van der Waals surface area contributed by atoms with E-state index in [1.165, 1.54) is 0 Å². The Kier molecular flexibility index (Phi) is 3.25. The van der Waals surface area contributed by atoms with Crippen molar-refractivity contribution in [2.75, 3.05) is 0 Å². The van der Waals surface area contributed by atoms with Gasteiger partial charge in [-0.15, -0.1) is 0 Å². The molecule has 3 aromatic rings. The number of halogens is 1. The average Bonchev–Trinajstić information content (AvgIpc) is 2.56. The van der Waals surface area contributed by atoms with Gasteiger partial charge in [0.2, 0.25) is 5.67 Å². The van der Waals surface area contributed by atoms with Crippen molar-refractivity contribution in [1.29, 1.82) is 0 Å². The normalized spacial score (nSPS) is 11.2. The minimum atomic E-state index is -1.84. The maximum atomic E-state index is 15.9. The molecule has 98 valence electrons. The number of hydrogen-bond donors (Lipinski definition) is 0. The quantitative estimate of drug-likeness (QED) is 0.720. The minimum Gasteiger partial charge on any atom is -0.257 e. The molecule has 20 heavy (non-hydrogen) atoms. The third-order valence-corrected chi connectivity index (χ3v) is 3.21. The molecular weight excluding hydrogens is 251 g/mol. The smallest absolute Gasteiger partial charge is 0.219 e. The zero-order valence-electron chi connectivity index (χ0n) is 10.8. The topological polar surface area (TPSA) is 25.8 Å². The molecule has 0 unspecified atom stereocenters. The number of alkyl halides is 1. The van der Waals surface area contributed by atoms with Crippen LogP contribution in [0.15, 0.2) is 79.1 Å². The second kappa shape index (κ2) is 5.21. The zero-order chi connectivity index (χ0) is 13.8. The average molecular weight is 264 g/mol. The van der Waals surface area contributed by atoms with Crippen molar-refractivity contribution in [3.63, 3.8) is 0 Å². The summed E-state index contributed by atoms with van der Waals surface area (Å²) in [7, 11) is 0. The van der Waals surface area contributed by atoms with Crippen molar-refractivity contribution >= 4 is 0 Å². The Bertz CT molecular complexity index is 572. The van der Waals surface area contributed by atoms with Gasteiger partial charge in [0.05, 0.1) is 11.4 Å². The molecule has 3 rings (SSSR count). The lowest BCUT2D eigenvalue weighted by molar-refractivity contribution is 0.266. The molecule has 0 spiro atoms. The highest BCUT2D eigenvalue weighted by atomic mass is 19.1. The van der Waals surface area contributed by atoms with E-state index in [1.54, 1.807) is 60.9 Å². The first-order valence-electron chi connectivity index (χ1n) is 6.39. The van der Waals surface area contributed by atoms with E-state index in [9.17, 15) is 0 Å². The van der Waals surface area contributed by atoms with Crippen LogP contribution in [0.25, 0.3) is 0 Å². The molecule has 2 nitrogen and oxygen atoms in total. The van der Waals surface area contributed by atoms with Gasteiger partial charge in [-0.1, -0.05) is 42.5 Å². The Morgan fingerprint density at radius 2 is 1.15 bits per heavy atom. The van der Waals surface area contributed by atoms with Crippen LogP contribution < -0.4 is 0 Å². The first kappa shape index (κ1) is 12.5. The minimum absolute atomic E-state index is 0.338. The molecule has 0 fully saturated rings. The van der Waals surface area contributed by atoms with Gasteiger partial charge in [0, 0.05) is 18.0 Å². The Labute approximate surface area is 117 Å². The number of aromatic nitrogens is 2. The first-order valence-corrected chi connectivity index (χ1v) is 6.39. The Morgan fingerprint density at radius 1 is 0.650 bits per heavy atom. The Balaban J connectivity index is 2.24. The zero-order valence-corrected chi connectivity index (χ0v) is 10.8. The highest BCUT2D eigenvalue weighted by Crippen LogP contribution is 2.38. The van der Waals surface area contributed by atoms with Crippen molar-refractivity contribution in [1.82, 2.24) is 9.97 Å². The molecule has 0 saturated carbocycles. The summed E-state index contributed by atoms with van der Waals surface area (Å²) in [5.74, 6) is 0. The van der Waals surface area contributed by atoms with Gasteiger partial charge < -0.3 is 0 Å².